The van der Waals surface area contributed by atoms with Gasteiger partial charge in [0.2, 0.25) is 0 Å². The Bertz CT molecular complexity index is 644. The minimum Gasteiger partial charge on any atom is -0.496 e. The molecule has 0 unspecified atom stereocenters. The summed E-state index contributed by atoms with van der Waals surface area (Å²) in [5.41, 5.74) is 2.95. The van der Waals surface area contributed by atoms with E-state index in [9.17, 15) is 0 Å². The number of aromatic nitrogens is 2. The van der Waals surface area contributed by atoms with Gasteiger partial charge in [-0.25, -0.2) is 9.97 Å². The third kappa shape index (κ3) is 3.53. The summed E-state index contributed by atoms with van der Waals surface area (Å²) in [6.07, 6.45) is 1.04. The first-order chi connectivity index (χ1) is 10.1. The molecule has 0 aliphatic heterocycles. The van der Waals surface area contributed by atoms with Gasteiger partial charge in [0.15, 0.2) is 5.82 Å². The van der Waals surface area contributed by atoms with Gasteiger partial charge < -0.3 is 10.1 Å². The molecule has 112 valence electrons. The Hall–Kier alpha value is -1.62. The molecule has 0 bridgehead atoms. The number of methoxy groups -OCH3 is 1. The normalized spacial score (nSPS) is 10.5. The number of hydrogen-bond donors (Lipinski definition) is 1. The summed E-state index contributed by atoms with van der Waals surface area (Å²) >= 11 is 3.55. The number of ether oxygens (including phenoxy) is 1. The van der Waals surface area contributed by atoms with E-state index in [1.165, 1.54) is 0 Å². The smallest absolute Gasteiger partial charge is 0.165 e. The van der Waals surface area contributed by atoms with Gasteiger partial charge in [0.1, 0.15) is 11.6 Å². The summed E-state index contributed by atoms with van der Waals surface area (Å²) < 4.78 is 6.37. The monoisotopic (exact) mass is 349 g/mol. The maximum Gasteiger partial charge on any atom is 0.165 e. The average Bonchev–Trinajstić information content (AvgIpc) is 2.48. The van der Waals surface area contributed by atoms with Gasteiger partial charge >= 0.3 is 0 Å². The first kappa shape index (κ1) is 15.8. The summed E-state index contributed by atoms with van der Waals surface area (Å²) in [6.45, 7) is 7.00. The number of anilines is 1. The van der Waals surface area contributed by atoms with Crippen molar-refractivity contribution in [3.8, 4) is 17.1 Å². The Balaban J connectivity index is 2.51. The molecule has 1 heterocycles. The molecular formula is C16H20BrN3O. The molecule has 2 aromatic rings. The second-order valence-electron chi connectivity index (χ2n) is 4.93. The van der Waals surface area contributed by atoms with Gasteiger partial charge in [-0.05, 0) is 53.9 Å². The maximum atomic E-state index is 5.46. The van der Waals surface area contributed by atoms with E-state index in [0.717, 1.165) is 45.8 Å². The number of nitrogens with one attached hydrogen (secondary N) is 1. The summed E-state index contributed by atoms with van der Waals surface area (Å²) in [7, 11) is 1.67. The Labute approximate surface area is 134 Å². The Morgan fingerprint density at radius 2 is 2.00 bits per heavy atom. The number of rotatable bonds is 5. The van der Waals surface area contributed by atoms with E-state index in [2.05, 4.69) is 38.1 Å². The van der Waals surface area contributed by atoms with Crippen LogP contribution in [0.1, 0.15) is 24.6 Å². The second kappa shape index (κ2) is 6.89. The van der Waals surface area contributed by atoms with Gasteiger partial charge in [-0.3, -0.25) is 0 Å². The number of benzene rings is 1. The Morgan fingerprint density at radius 3 is 2.67 bits per heavy atom. The van der Waals surface area contributed by atoms with Crippen LogP contribution in [0.25, 0.3) is 11.4 Å². The van der Waals surface area contributed by atoms with Crippen LogP contribution in [0, 0.1) is 13.8 Å². The van der Waals surface area contributed by atoms with Crippen molar-refractivity contribution in [2.24, 2.45) is 0 Å². The molecule has 5 heteroatoms. The molecule has 0 saturated heterocycles. The first-order valence-corrected chi connectivity index (χ1v) is 7.79. The van der Waals surface area contributed by atoms with Crippen LogP contribution in [0.5, 0.6) is 5.75 Å². The minimum atomic E-state index is 0.672. The third-order valence-electron chi connectivity index (χ3n) is 3.16. The van der Waals surface area contributed by atoms with Crippen LogP contribution >= 0.6 is 15.9 Å². The van der Waals surface area contributed by atoms with E-state index in [1.54, 1.807) is 7.11 Å². The van der Waals surface area contributed by atoms with Gasteiger partial charge in [0.05, 0.1) is 22.8 Å². The fourth-order valence-corrected chi connectivity index (χ4v) is 2.34. The van der Waals surface area contributed by atoms with Crippen molar-refractivity contribution in [3.05, 3.63) is 33.9 Å². The molecule has 0 aliphatic rings. The number of nitrogens with zero attached hydrogens (tertiary/aromatic N) is 2. The standard InChI is InChI=1S/C16H20BrN3O/c1-5-8-18-16-14(17)11(3)19-15(20-16)12-7-6-10(2)9-13(12)21-4/h6-7,9H,5,8H2,1-4H3,(H,18,19,20). The van der Waals surface area contributed by atoms with Crippen LogP contribution in [0.15, 0.2) is 22.7 Å². The van der Waals surface area contributed by atoms with Crippen LogP contribution < -0.4 is 10.1 Å². The Kier molecular flexibility index (Phi) is 5.17. The van der Waals surface area contributed by atoms with Gasteiger partial charge in [0.25, 0.3) is 0 Å². The fourth-order valence-electron chi connectivity index (χ4n) is 2.02. The molecule has 0 atom stereocenters. The average molecular weight is 350 g/mol. The molecule has 1 N–H and O–H groups in total. The van der Waals surface area contributed by atoms with Crippen LogP contribution in [-0.4, -0.2) is 23.6 Å². The predicted molar refractivity (Wildman–Crippen MR) is 90.0 cm³/mol. The Morgan fingerprint density at radius 1 is 1.24 bits per heavy atom. The molecule has 0 aliphatic carbocycles. The number of halogens is 1. The van der Waals surface area contributed by atoms with E-state index < -0.39 is 0 Å². The van der Waals surface area contributed by atoms with E-state index in [1.807, 2.05) is 32.0 Å². The third-order valence-corrected chi connectivity index (χ3v) is 4.11. The van der Waals surface area contributed by atoms with E-state index in [-0.39, 0.29) is 0 Å². The predicted octanol–water partition coefficient (Wildman–Crippen LogP) is 4.35. The van der Waals surface area contributed by atoms with Crippen molar-refractivity contribution in [3.63, 3.8) is 0 Å². The van der Waals surface area contributed by atoms with Crippen molar-refractivity contribution >= 4 is 21.7 Å². The molecule has 0 amide bonds. The SMILES string of the molecule is CCCNc1nc(-c2ccc(C)cc2OC)nc(C)c1Br. The van der Waals surface area contributed by atoms with Crippen molar-refractivity contribution < 1.29 is 4.74 Å². The molecule has 0 saturated carbocycles. The highest BCUT2D eigenvalue weighted by atomic mass is 79.9. The van der Waals surface area contributed by atoms with Crippen molar-refractivity contribution in [1.82, 2.24) is 9.97 Å². The molecule has 2 rings (SSSR count). The van der Waals surface area contributed by atoms with Gasteiger partial charge in [0, 0.05) is 6.54 Å². The summed E-state index contributed by atoms with van der Waals surface area (Å²) in [4.78, 5) is 9.20. The molecule has 4 nitrogen and oxygen atoms in total. The van der Waals surface area contributed by atoms with E-state index in [0.29, 0.717) is 5.82 Å². The van der Waals surface area contributed by atoms with Crippen LogP contribution in [-0.2, 0) is 0 Å². The van der Waals surface area contributed by atoms with Crippen molar-refractivity contribution in [2.75, 3.05) is 19.0 Å². The quantitative estimate of drug-likeness (QED) is 0.871. The van der Waals surface area contributed by atoms with E-state index >= 15 is 0 Å². The zero-order valence-electron chi connectivity index (χ0n) is 12.8. The van der Waals surface area contributed by atoms with Crippen LogP contribution in [0.3, 0.4) is 0 Å². The topological polar surface area (TPSA) is 47.0 Å². The summed E-state index contributed by atoms with van der Waals surface area (Å²) in [5.74, 6) is 2.28. The number of hydrogen-bond acceptors (Lipinski definition) is 4. The number of aryl methyl sites for hydroxylation is 2. The molecule has 0 radical (unpaired) electrons. The minimum absolute atomic E-state index is 0.672. The van der Waals surface area contributed by atoms with Gasteiger partial charge in [-0.2, -0.15) is 0 Å². The molecule has 0 spiro atoms. The van der Waals surface area contributed by atoms with Crippen LogP contribution in [0.4, 0.5) is 5.82 Å². The molecule has 0 fully saturated rings. The van der Waals surface area contributed by atoms with E-state index in [4.69, 9.17) is 4.74 Å². The van der Waals surface area contributed by atoms with Crippen molar-refractivity contribution in [2.45, 2.75) is 27.2 Å². The largest absolute Gasteiger partial charge is 0.496 e. The van der Waals surface area contributed by atoms with Crippen molar-refractivity contribution in [1.29, 1.82) is 0 Å². The summed E-state index contributed by atoms with van der Waals surface area (Å²) in [5, 5.41) is 3.32. The highest BCUT2D eigenvalue weighted by Crippen LogP contribution is 2.32. The second-order valence-corrected chi connectivity index (χ2v) is 5.72. The lowest BCUT2D eigenvalue weighted by Gasteiger charge is -2.13. The van der Waals surface area contributed by atoms with Gasteiger partial charge in [-0.1, -0.05) is 13.0 Å². The summed E-state index contributed by atoms with van der Waals surface area (Å²) in [6, 6.07) is 6.04. The first-order valence-electron chi connectivity index (χ1n) is 6.99. The maximum absolute atomic E-state index is 5.46. The zero-order chi connectivity index (χ0) is 15.4. The zero-order valence-corrected chi connectivity index (χ0v) is 14.4. The van der Waals surface area contributed by atoms with Crippen LogP contribution in [0.2, 0.25) is 0 Å². The van der Waals surface area contributed by atoms with Gasteiger partial charge in [-0.15, -0.1) is 0 Å². The molecule has 1 aromatic carbocycles. The fraction of sp³-hybridized carbons (Fsp3) is 0.375. The highest BCUT2D eigenvalue weighted by molar-refractivity contribution is 9.10. The lowest BCUT2D eigenvalue weighted by Crippen LogP contribution is -2.06. The molecule has 21 heavy (non-hydrogen) atoms. The lowest BCUT2D eigenvalue weighted by atomic mass is 10.1. The molecule has 1 aromatic heterocycles. The molecular weight excluding hydrogens is 330 g/mol. The lowest BCUT2D eigenvalue weighted by molar-refractivity contribution is 0.416. The highest BCUT2D eigenvalue weighted by Gasteiger charge is 2.14.